The Balaban J connectivity index is 2.22. The Labute approximate surface area is 109 Å². The van der Waals surface area contributed by atoms with Crippen LogP contribution in [0.4, 0.5) is 0 Å². The van der Waals surface area contributed by atoms with Crippen LogP contribution in [0.25, 0.3) is 0 Å². The Morgan fingerprint density at radius 3 is 2.94 bits per heavy atom. The van der Waals surface area contributed by atoms with Crippen LogP contribution >= 0.6 is 0 Å². The molecule has 1 unspecified atom stereocenters. The summed E-state index contributed by atoms with van der Waals surface area (Å²) in [6.45, 7) is -0.0332. The number of nitrogens with zero attached hydrogens (tertiary/aromatic N) is 3. The van der Waals surface area contributed by atoms with Crippen molar-refractivity contribution in [1.82, 2.24) is 4.90 Å². The zero-order valence-electron chi connectivity index (χ0n) is 13.3. The summed E-state index contributed by atoms with van der Waals surface area (Å²) in [5.41, 5.74) is 5.37. The molecule has 5 N–H and O–H groups in total. The van der Waals surface area contributed by atoms with E-state index in [0.717, 1.165) is 0 Å². The second-order valence-corrected chi connectivity index (χ2v) is 3.71. The average molecular weight is 260 g/mol. The maximum Gasteiger partial charge on any atom is 0.223 e. The van der Waals surface area contributed by atoms with Crippen LogP contribution in [-0.2, 0) is 4.74 Å². The average Bonchev–Trinajstić information content (AvgIpc) is 2.54. The van der Waals surface area contributed by atoms with Crippen LogP contribution in [0.15, 0.2) is 22.4 Å². The number of rotatable bonds is 3. The first kappa shape index (κ1) is 8.59. The van der Waals surface area contributed by atoms with E-state index in [1.807, 2.05) is 0 Å². The van der Waals surface area contributed by atoms with Gasteiger partial charge in [-0.3, -0.25) is 0 Å². The van der Waals surface area contributed by atoms with Crippen molar-refractivity contribution in [3.8, 4) is 0 Å². The fourth-order valence-electron chi connectivity index (χ4n) is 1.57. The summed E-state index contributed by atoms with van der Waals surface area (Å²) < 4.78 is 34.6. The lowest BCUT2D eigenvalue weighted by molar-refractivity contribution is -0.0250. The lowest BCUT2D eigenvalue weighted by Gasteiger charge is -2.25. The van der Waals surface area contributed by atoms with E-state index >= 15 is 0 Å². The number of aliphatic imine (C=N–C) groups is 2. The Kier molecular flexibility index (Phi) is 2.40. The molecule has 0 bridgehead atoms. The Bertz CT molecular complexity index is 550. The Morgan fingerprint density at radius 1 is 1.67 bits per heavy atom. The van der Waals surface area contributed by atoms with Gasteiger partial charge in [-0.15, -0.1) is 0 Å². The molecule has 0 spiro atoms. The molecule has 0 aliphatic carbocycles. The molecule has 2 rings (SSSR count). The predicted molar refractivity (Wildman–Crippen MR) is 63.7 cm³/mol. The minimum atomic E-state index is -3.38. The monoisotopic (exact) mass is 260 g/mol. The van der Waals surface area contributed by atoms with Gasteiger partial charge in [0.25, 0.3) is 0 Å². The van der Waals surface area contributed by atoms with Crippen LogP contribution in [0.5, 0.6) is 0 Å². The molecule has 100 valence electrons. The molecular weight excluding hydrogens is 240 g/mol. The van der Waals surface area contributed by atoms with Gasteiger partial charge in [0.15, 0.2) is 0 Å². The SMILES string of the molecule is [2H]C([2H])(O)[C@@]1([2H])O[C@@H](CN2C=NC(N)=NC2=C)[C@@H](O)C1([2H])O. The van der Waals surface area contributed by atoms with E-state index in [1.54, 1.807) is 0 Å². The third-order valence-corrected chi connectivity index (χ3v) is 2.52. The normalized spacial score (nSPS) is 48.3. The fourth-order valence-corrected chi connectivity index (χ4v) is 1.57. The zero-order chi connectivity index (χ0) is 16.9. The molecule has 0 saturated carbocycles. The highest BCUT2D eigenvalue weighted by Crippen LogP contribution is 2.22. The van der Waals surface area contributed by atoms with Crippen molar-refractivity contribution in [2.24, 2.45) is 15.7 Å². The second kappa shape index (κ2) is 5.02. The summed E-state index contributed by atoms with van der Waals surface area (Å²) in [6, 6.07) is 0. The third-order valence-electron chi connectivity index (χ3n) is 2.52. The molecule has 1 fully saturated rings. The van der Waals surface area contributed by atoms with Gasteiger partial charge in [0.2, 0.25) is 5.96 Å². The van der Waals surface area contributed by atoms with Crippen molar-refractivity contribution < 1.29 is 25.5 Å². The maximum atomic E-state index is 9.96. The van der Waals surface area contributed by atoms with Crippen molar-refractivity contribution >= 4 is 12.3 Å². The van der Waals surface area contributed by atoms with Crippen molar-refractivity contribution in [3.63, 3.8) is 0 Å². The first-order chi connectivity index (χ1) is 9.90. The number of aliphatic hydroxyl groups excluding tert-OH is 1. The van der Waals surface area contributed by atoms with E-state index in [1.165, 1.54) is 11.2 Å². The van der Waals surface area contributed by atoms with Crippen LogP contribution in [0, 0.1) is 0 Å². The molecule has 4 atom stereocenters. The molecule has 0 amide bonds. The first-order valence-electron chi connectivity index (χ1n) is 7.04. The van der Waals surface area contributed by atoms with Crippen LogP contribution < -0.4 is 5.73 Å². The minimum Gasteiger partial charge on any atom is -0.394 e. The molecule has 1 saturated heterocycles. The van der Waals surface area contributed by atoms with Gasteiger partial charge in [-0.1, -0.05) is 6.58 Å². The van der Waals surface area contributed by atoms with E-state index in [9.17, 15) is 15.3 Å². The molecular formula is C10H16N4O4. The van der Waals surface area contributed by atoms with Gasteiger partial charge in [-0.25, -0.2) is 4.99 Å². The largest absolute Gasteiger partial charge is 0.394 e. The number of hydrogen-bond acceptors (Lipinski definition) is 8. The van der Waals surface area contributed by atoms with E-state index < -0.39 is 30.9 Å². The quantitative estimate of drug-likeness (QED) is 0.448. The zero-order valence-corrected chi connectivity index (χ0v) is 9.32. The Hall–Kier alpha value is -1.48. The molecule has 2 aliphatic heterocycles. The summed E-state index contributed by atoms with van der Waals surface area (Å²) in [4.78, 5) is 8.74. The number of aliphatic hydroxyl groups is 3. The van der Waals surface area contributed by atoms with Gasteiger partial charge in [-0.05, 0) is 0 Å². The molecule has 8 heteroatoms. The highest BCUT2D eigenvalue weighted by molar-refractivity contribution is 5.89. The lowest BCUT2D eigenvalue weighted by atomic mass is 10.1. The van der Waals surface area contributed by atoms with E-state index in [4.69, 9.17) is 16.0 Å². The van der Waals surface area contributed by atoms with Gasteiger partial charge in [-0.2, -0.15) is 4.99 Å². The number of guanidine groups is 1. The van der Waals surface area contributed by atoms with E-state index in [0.29, 0.717) is 0 Å². The van der Waals surface area contributed by atoms with Crippen molar-refractivity contribution in [2.75, 3.05) is 13.1 Å². The number of ether oxygens (including phenoxy) is 1. The van der Waals surface area contributed by atoms with Gasteiger partial charge in [0.1, 0.15) is 36.5 Å². The highest BCUT2D eigenvalue weighted by Gasteiger charge is 2.43. The van der Waals surface area contributed by atoms with Crippen LogP contribution in [0.2, 0.25) is 0 Å². The summed E-state index contributed by atoms with van der Waals surface area (Å²) in [5, 5.41) is 29.2. The van der Waals surface area contributed by atoms with Gasteiger partial charge < -0.3 is 30.7 Å². The van der Waals surface area contributed by atoms with Crippen LogP contribution in [0.3, 0.4) is 0 Å². The molecule has 2 aliphatic rings. The standard InChI is InChI=1S/C10H16N4O4/c1-5-13-10(11)12-4-14(5)2-6-8(16)9(17)7(3-15)18-6/h4,6-9,15-17H,1-3H2,(H2,11,13)/t6-,7+,8+,9?/m0/s1/i3D2,7D,9D. The van der Waals surface area contributed by atoms with Gasteiger partial charge in [0, 0.05) is 0 Å². The molecule has 0 aromatic heterocycles. The third kappa shape index (κ3) is 2.36. The van der Waals surface area contributed by atoms with Crippen molar-refractivity contribution in [1.29, 1.82) is 0 Å². The highest BCUT2D eigenvalue weighted by atomic mass is 16.6. The summed E-state index contributed by atoms with van der Waals surface area (Å²) in [7, 11) is 0. The van der Waals surface area contributed by atoms with Crippen molar-refractivity contribution in [2.45, 2.75) is 24.4 Å². The smallest absolute Gasteiger partial charge is 0.223 e. The van der Waals surface area contributed by atoms with Crippen molar-refractivity contribution in [3.05, 3.63) is 12.4 Å². The van der Waals surface area contributed by atoms with E-state index in [-0.39, 0.29) is 18.3 Å². The predicted octanol–water partition coefficient (Wildman–Crippen LogP) is -2.40. The van der Waals surface area contributed by atoms with E-state index in [2.05, 4.69) is 16.6 Å². The molecule has 8 nitrogen and oxygen atoms in total. The summed E-state index contributed by atoms with van der Waals surface area (Å²) >= 11 is 0. The molecule has 2 heterocycles. The number of hydrogen-bond donors (Lipinski definition) is 4. The molecule has 0 aromatic rings. The van der Waals surface area contributed by atoms with Crippen LogP contribution in [0.1, 0.15) is 5.48 Å². The first-order valence-corrected chi connectivity index (χ1v) is 5.04. The molecule has 0 aromatic carbocycles. The minimum absolute atomic E-state index is 0.0346. The van der Waals surface area contributed by atoms with Crippen LogP contribution in [-0.4, -0.2) is 70.0 Å². The Morgan fingerprint density at radius 2 is 2.39 bits per heavy atom. The fraction of sp³-hybridized carbons (Fsp3) is 0.600. The summed E-state index contributed by atoms with van der Waals surface area (Å²) in [6.07, 6.45) is -8.30. The maximum absolute atomic E-state index is 9.96. The lowest BCUT2D eigenvalue weighted by Crippen LogP contribution is -2.40. The van der Waals surface area contributed by atoms with Gasteiger partial charge >= 0.3 is 0 Å². The topological polar surface area (TPSA) is 124 Å². The summed E-state index contributed by atoms with van der Waals surface area (Å²) in [5.74, 6) is 0.110. The van der Waals surface area contributed by atoms with Gasteiger partial charge in [0.05, 0.1) is 18.6 Å². The molecule has 18 heavy (non-hydrogen) atoms. The number of nitrogens with two attached hydrogens (primary N) is 1. The second-order valence-electron chi connectivity index (χ2n) is 3.71. The molecule has 0 radical (unpaired) electrons.